The standard InChI is InChI=1S/C21H19ClN4O4S/c1-3-31(28,29)25-20(27)19-14(2)30-21(24-19)26(13-16-4-8-17(22)9-5-16)18-10-6-15(12-23)7-11-18/h4-11H,3,13H2,1-2H3,(H,25,27). The number of nitrogens with one attached hydrogen (secondary N) is 1. The van der Waals surface area contributed by atoms with Crippen LogP contribution in [0.1, 0.15) is 34.3 Å². The number of carbonyl (C=O) groups is 1. The normalized spacial score (nSPS) is 11.0. The minimum atomic E-state index is -3.75. The molecule has 0 radical (unpaired) electrons. The number of oxazole rings is 1. The van der Waals surface area contributed by atoms with Crippen LogP contribution < -0.4 is 9.62 Å². The van der Waals surface area contributed by atoms with E-state index in [1.54, 1.807) is 41.3 Å². The topological polar surface area (TPSA) is 116 Å². The minimum Gasteiger partial charge on any atom is -0.428 e. The molecule has 3 aromatic rings. The zero-order valence-electron chi connectivity index (χ0n) is 16.8. The lowest BCUT2D eigenvalue weighted by atomic mass is 10.1. The second-order valence-electron chi connectivity index (χ2n) is 6.61. The van der Waals surface area contributed by atoms with Crippen LogP contribution in [0.5, 0.6) is 0 Å². The first kappa shape index (κ1) is 22.3. The van der Waals surface area contributed by atoms with Crippen LogP contribution in [0, 0.1) is 18.3 Å². The van der Waals surface area contributed by atoms with Crippen LogP contribution in [0.2, 0.25) is 5.02 Å². The molecule has 1 heterocycles. The third-order valence-electron chi connectivity index (χ3n) is 4.42. The second kappa shape index (κ2) is 9.20. The maximum absolute atomic E-state index is 12.4. The number of hydrogen-bond donors (Lipinski definition) is 1. The van der Waals surface area contributed by atoms with Crippen molar-refractivity contribution in [1.29, 1.82) is 5.26 Å². The molecule has 1 N–H and O–H groups in total. The van der Waals surface area contributed by atoms with Gasteiger partial charge in [0.25, 0.3) is 5.91 Å². The number of aryl methyl sites for hydroxylation is 1. The molecule has 0 aliphatic carbocycles. The monoisotopic (exact) mass is 458 g/mol. The predicted molar refractivity (Wildman–Crippen MR) is 117 cm³/mol. The number of sulfonamides is 1. The van der Waals surface area contributed by atoms with Crippen molar-refractivity contribution < 1.29 is 17.6 Å². The maximum Gasteiger partial charge on any atom is 0.303 e. The van der Waals surface area contributed by atoms with Crippen molar-refractivity contribution >= 4 is 39.2 Å². The summed E-state index contributed by atoms with van der Waals surface area (Å²) in [5, 5.41) is 9.65. The molecular formula is C21H19ClN4O4S. The Kier molecular flexibility index (Phi) is 6.63. The Morgan fingerprint density at radius 1 is 1.19 bits per heavy atom. The molecule has 1 aromatic heterocycles. The SMILES string of the molecule is CCS(=O)(=O)NC(=O)c1nc(N(Cc2ccc(Cl)cc2)c2ccc(C#N)cc2)oc1C. The highest BCUT2D eigenvalue weighted by molar-refractivity contribution is 7.90. The molecule has 0 aliphatic heterocycles. The lowest BCUT2D eigenvalue weighted by Gasteiger charge is -2.21. The van der Waals surface area contributed by atoms with Gasteiger partial charge in [-0.15, -0.1) is 0 Å². The predicted octanol–water partition coefficient (Wildman–Crippen LogP) is 3.93. The van der Waals surface area contributed by atoms with E-state index in [1.807, 2.05) is 16.9 Å². The molecule has 0 aliphatic rings. The molecular weight excluding hydrogens is 440 g/mol. The van der Waals surface area contributed by atoms with Crippen LogP contribution in [0.25, 0.3) is 0 Å². The number of nitriles is 1. The molecule has 10 heteroatoms. The molecule has 8 nitrogen and oxygen atoms in total. The van der Waals surface area contributed by atoms with Gasteiger partial charge < -0.3 is 4.42 Å². The van der Waals surface area contributed by atoms with Gasteiger partial charge in [0.1, 0.15) is 5.76 Å². The number of anilines is 2. The smallest absolute Gasteiger partial charge is 0.303 e. The first-order chi connectivity index (χ1) is 14.7. The summed E-state index contributed by atoms with van der Waals surface area (Å²) in [6, 6.07) is 16.1. The van der Waals surface area contributed by atoms with Gasteiger partial charge in [0.15, 0.2) is 5.69 Å². The lowest BCUT2D eigenvalue weighted by Crippen LogP contribution is -2.32. The van der Waals surface area contributed by atoms with Gasteiger partial charge in [-0.05, 0) is 55.8 Å². The van der Waals surface area contributed by atoms with Crippen molar-refractivity contribution in [3.05, 3.63) is 76.1 Å². The second-order valence-corrected chi connectivity index (χ2v) is 9.05. The first-order valence-electron chi connectivity index (χ1n) is 9.27. The summed E-state index contributed by atoms with van der Waals surface area (Å²) in [5.41, 5.74) is 1.93. The summed E-state index contributed by atoms with van der Waals surface area (Å²) in [4.78, 5) is 18.4. The van der Waals surface area contributed by atoms with E-state index in [-0.39, 0.29) is 23.2 Å². The zero-order chi connectivity index (χ0) is 22.6. The average molecular weight is 459 g/mol. The molecule has 2 aromatic carbocycles. The largest absolute Gasteiger partial charge is 0.428 e. The molecule has 0 unspecified atom stereocenters. The third kappa shape index (κ3) is 5.42. The molecule has 0 saturated heterocycles. The van der Waals surface area contributed by atoms with Gasteiger partial charge in [-0.2, -0.15) is 10.2 Å². The van der Waals surface area contributed by atoms with E-state index in [2.05, 4.69) is 11.1 Å². The van der Waals surface area contributed by atoms with E-state index in [0.29, 0.717) is 22.8 Å². The summed E-state index contributed by atoms with van der Waals surface area (Å²) >= 11 is 5.97. The van der Waals surface area contributed by atoms with Crippen LogP contribution in [0.3, 0.4) is 0 Å². The molecule has 160 valence electrons. The van der Waals surface area contributed by atoms with Crippen molar-refractivity contribution in [3.63, 3.8) is 0 Å². The third-order valence-corrected chi connectivity index (χ3v) is 5.93. The Hall–Kier alpha value is -3.35. The van der Waals surface area contributed by atoms with Crippen molar-refractivity contribution in [1.82, 2.24) is 9.71 Å². The Morgan fingerprint density at radius 3 is 2.42 bits per heavy atom. The molecule has 0 fully saturated rings. The Labute approximate surface area is 185 Å². The van der Waals surface area contributed by atoms with E-state index in [4.69, 9.17) is 21.3 Å². The van der Waals surface area contributed by atoms with Gasteiger partial charge in [0.2, 0.25) is 10.0 Å². The fraction of sp³-hybridized carbons (Fsp3) is 0.190. The fourth-order valence-corrected chi connectivity index (χ4v) is 3.38. The van der Waals surface area contributed by atoms with Crippen LogP contribution in [-0.4, -0.2) is 25.1 Å². The summed E-state index contributed by atoms with van der Waals surface area (Å²) in [6.45, 7) is 3.29. The van der Waals surface area contributed by atoms with Crippen LogP contribution in [0.15, 0.2) is 52.9 Å². The molecule has 31 heavy (non-hydrogen) atoms. The van der Waals surface area contributed by atoms with Gasteiger partial charge >= 0.3 is 6.01 Å². The minimum absolute atomic E-state index is 0.108. The van der Waals surface area contributed by atoms with E-state index in [0.717, 1.165) is 5.56 Å². The molecule has 1 amide bonds. The van der Waals surface area contributed by atoms with Gasteiger partial charge in [0.05, 0.1) is 23.9 Å². The Balaban J connectivity index is 1.99. The quantitative estimate of drug-likeness (QED) is 0.570. The van der Waals surface area contributed by atoms with Crippen LogP contribution in [-0.2, 0) is 16.6 Å². The number of aromatic nitrogens is 1. The number of benzene rings is 2. The summed E-state index contributed by atoms with van der Waals surface area (Å²) in [7, 11) is -3.75. The first-order valence-corrected chi connectivity index (χ1v) is 11.3. The number of rotatable bonds is 7. The van der Waals surface area contributed by atoms with Crippen LogP contribution >= 0.6 is 11.6 Å². The molecule has 0 bridgehead atoms. The Morgan fingerprint density at radius 2 is 1.84 bits per heavy atom. The van der Waals surface area contributed by atoms with E-state index in [1.165, 1.54) is 13.8 Å². The van der Waals surface area contributed by atoms with Crippen molar-refractivity contribution in [2.24, 2.45) is 0 Å². The highest BCUT2D eigenvalue weighted by Gasteiger charge is 2.24. The van der Waals surface area contributed by atoms with Crippen molar-refractivity contribution in [2.45, 2.75) is 20.4 Å². The van der Waals surface area contributed by atoms with E-state index in [9.17, 15) is 13.2 Å². The van der Waals surface area contributed by atoms with Crippen molar-refractivity contribution in [3.8, 4) is 6.07 Å². The highest BCUT2D eigenvalue weighted by Crippen LogP contribution is 2.29. The van der Waals surface area contributed by atoms with Gasteiger partial charge in [-0.25, -0.2) is 13.1 Å². The maximum atomic E-state index is 12.4. The Bertz CT molecular complexity index is 1230. The summed E-state index contributed by atoms with van der Waals surface area (Å²) in [5.74, 6) is -0.926. The summed E-state index contributed by atoms with van der Waals surface area (Å²) in [6.07, 6.45) is 0. The number of nitrogens with zero attached hydrogens (tertiary/aromatic N) is 3. The molecule has 3 rings (SSSR count). The average Bonchev–Trinajstić information content (AvgIpc) is 3.14. The van der Waals surface area contributed by atoms with E-state index < -0.39 is 15.9 Å². The number of hydrogen-bond acceptors (Lipinski definition) is 7. The number of amides is 1. The van der Waals surface area contributed by atoms with Gasteiger partial charge in [-0.3, -0.25) is 9.69 Å². The van der Waals surface area contributed by atoms with Gasteiger partial charge in [-0.1, -0.05) is 23.7 Å². The highest BCUT2D eigenvalue weighted by atomic mass is 35.5. The zero-order valence-corrected chi connectivity index (χ0v) is 18.4. The fourth-order valence-electron chi connectivity index (χ4n) is 2.73. The summed E-state index contributed by atoms with van der Waals surface area (Å²) < 4.78 is 31.2. The lowest BCUT2D eigenvalue weighted by molar-refractivity contribution is 0.0976. The number of carbonyl (C=O) groups excluding carboxylic acids is 1. The molecule has 0 spiro atoms. The van der Waals surface area contributed by atoms with Crippen molar-refractivity contribution in [2.75, 3.05) is 10.7 Å². The van der Waals surface area contributed by atoms with Gasteiger partial charge in [0, 0.05) is 10.7 Å². The van der Waals surface area contributed by atoms with Crippen LogP contribution in [0.4, 0.5) is 11.7 Å². The molecule has 0 atom stereocenters. The molecule has 0 saturated carbocycles. The number of halogens is 1. The van der Waals surface area contributed by atoms with E-state index >= 15 is 0 Å².